The number of halogens is 1. The van der Waals surface area contributed by atoms with E-state index in [0.29, 0.717) is 13.1 Å². The van der Waals surface area contributed by atoms with Gasteiger partial charge in [-0.3, -0.25) is 14.6 Å². The Morgan fingerprint density at radius 1 is 1.36 bits per heavy atom. The largest absolute Gasteiger partial charge is 0.349 e. The Balaban J connectivity index is 1.59. The topological polar surface area (TPSA) is 62.3 Å². The van der Waals surface area contributed by atoms with Gasteiger partial charge in [-0.1, -0.05) is 34.1 Å². The Morgan fingerprint density at radius 2 is 2.20 bits per heavy atom. The Labute approximate surface area is 155 Å². The second-order valence-electron chi connectivity index (χ2n) is 6.28. The van der Waals surface area contributed by atoms with Crippen molar-refractivity contribution in [3.63, 3.8) is 0 Å². The smallest absolute Gasteiger partial charge is 0.225 e. The molecule has 0 aliphatic carbocycles. The molecule has 0 bridgehead atoms. The van der Waals surface area contributed by atoms with Crippen molar-refractivity contribution < 1.29 is 9.59 Å². The third kappa shape index (κ3) is 4.45. The molecule has 1 aromatic carbocycles. The molecule has 1 aliphatic heterocycles. The summed E-state index contributed by atoms with van der Waals surface area (Å²) in [6, 6.07) is 13.4. The Bertz CT molecular complexity index is 766. The number of pyridine rings is 1. The quantitative estimate of drug-likeness (QED) is 0.836. The van der Waals surface area contributed by atoms with Gasteiger partial charge in [0.05, 0.1) is 24.2 Å². The Hall–Kier alpha value is -2.21. The fourth-order valence-corrected chi connectivity index (χ4v) is 3.40. The molecule has 1 aromatic heterocycles. The minimum Gasteiger partial charge on any atom is -0.349 e. The maximum Gasteiger partial charge on any atom is 0.225 e. The number of nitrogens with zero attached hydrogens (tertiary/aromatic N) is 2. The molecule has 6 heteroatoms. The van der Waals surface area contributed by atoms with E-state index in [9.17, 15) is 9.59 Å². The van der Waals surface area contributed by atoms with Gasteiger partial charge in [0.25, 0.3) is 0 Å². The molecule has 5 nitrogen and oxygen atoms in total. The number of aromatic nitrogens is 1. The fraction of sp³-hybridized carbons (Fsp3) is 0.316. The number of hydrogen-bond donors (Lipinski definition) is 1. The second kappa shape index (κ2) is 7.78. The lowest BCUT2D eigenvalue weighted by atomic mass is 10.1. The summed E-state index contributed by atoms with van der Waals surface area (Å²) in [5.41, 5.74) is 1.86. The lowest BCUT2D eigenvalue weighted by Gasteiger charge is -2.18. The van der Waals surface area contributed by atoms with Crippen molar-refractivity contribution in [2.45, 2.75) is 25.9 Å². The normalized spacial score (nSPS) is 18.2. The predicted octanol–water partition coefficient (Wildman–Crippen LogP) is 3.07. The molecule has 2 amide bonds. The highest BCUT2D eigenvalue weighted by Gasteiger charge is 2.34. The molecule has 1 N–H and O–H groups in total. The van der Waals surface area contributed by atoms with Crippen LogP contribution in [0, 0.1) is 5.92 Å². The highest BCUT2D eigenvalue weighted by Crippen LogP contribution is 2.22. The fourth-order valence-electron chi connectivity index (χ4n) is 2.98. The maximum atomic E-state index is 12.5. The van der Waals surface area contributed by atoms with Crippen LogP contribution in [-0.2, 0) is 16.1 Å². The van der Waals surface area contributed by atoms with E-state index in [1.54, 1.807) is 11.1 Å². The molecule has 1 fully saturated rings. The molecule has 1 aliphatic rings. The highest BCUT2D eigenvalue weighted by molar-refractivity contribution is 9.10. The molecule has 3 rings (SSSR count). The van der Waals surface area contributed by atoms with Gasteiger partial charge in [0.1, 0.15) is 0 Å². The van der Waals surface area contributed by atoms with Crippen LogP contribution in [0.3, 0.4) is 0 Å². The molecular formula is C19H20BrN3O2. The van der Waals surface area contributed by atoms with Crippen LogP contribution in [0.1, 0.15) is 30.6 Å². The highest BCUT2D eigenvalue weighted by atomic mass is 79.9. The zero-order valence-corrected chi connectivity index (χ0v) is 15.6. The van der Waals surface area contributed by atoms with Gasteiger partial charge in [-0.25, -0.2) is 0 Å². The van der Waals surface area contributed by atoms with Crippen molar-refractivity contribution in [3.05, 3.63) is 64.4 Å². The molecule has 1 saturated heterocycles. The average Bonchev–Trinajstić information content (AvgIpc) is 2.96. The number of likely N-dealkylation sites (tertiary alicyclic amines) is 1. The summed E-state index contributed by atoms with van der Waals surface area (Å²) in [6.45, 7) is 2.83. The van der Waals surface area contributed by atoms with E-state index < -0.39 is 0 Å². The monoisotopic (exact) mass is 401 g/mol. The number of nitrogens with one attached hydrogen (secondary N) is 1. The summed E-state index contributed by atoms with van der Waals surface area (Å²) in [7, 11) is 0. The first-order valence-electron chi connectivity index (χ1n) is 8.26. The van der Waals surface area contributed by atoms with Gasteiger partial charge in [0.15, 0.2) is 0 Å². The Kier molecular flexibility index (Phi) is 5.48. The van der Waals surface area contributed by atoms with Crippen LogP contribution in [0.15, 0.2) is 53.1 Å². The minimum absolute atomic E-state index is 0.000844. The lowest BCUT2D eigenvalue weighted by Crippen LogP contribution is -2.34. The number of hydrogen-bond acceptors (Lipinski definition) is 3. The van der Waals surface area contributed by atoms with Gasteiger partial charge in [0, 0.05) is 23.6 Å². The van der Waals surface area contributed by atoms with Gasteiger partial charge in [-0.15, -0.1) is 0 Å². The van der Waals surface area contributed by atoms with Gasteiger partial charge in [0.2, 0.25) is 11.8 Å². The molecule has 0 spiro atoms. The van der Waals surface area contributed by atoms with Gasteiger partial charge >= 0.3 is 0 Å². The summed E-state index contributed by atoms with van der Waals surface area (Å²) in [6.07, 6.45) is 1.96. The molecule has 130 valence electrons. The van der Waals surface area contributed by atoms with Crippen LogP contribution in [-0.4, -0.2) is 28.2 Å². The van der Waals surface area contributed by atoms with Crippen molar-refractivity contribution >= 4 is 27.7 Å². The number of benzene rings is 1. The molecule has 0 radical (unpaired) electrons. The van der Waals surface area contributed by atoms with Gasteiger partial charge < -0.3 is 10.2 Å². The Morgan fingerprint density at radius 3 is 2.92 bits per heavy atom. The standard InChI is InChI=1S/C19H20BrN3O2/c1-13(14-5-4-6-16(20)9-14)22-19(25)15-10-18(24)23(11-15)12-17-7-2-3-8-21-17/h2-9,13,15H,10-12H2,1H3,(H,22,25)/t13-,15+/m0/s1. The number of rotatable bonds is 5. The van der Waals surface area contributed by atoms with Gasteiger partial charge in [-0.05, 0) is 36.8 Å². The van der Waals surface area contributed by atoms with Crippen molar-refractivity contribution in [2.75, 3.05) is 6.54 Å². The average molecular weight is 402 g/mol. The summed E-state index contributed by atoms with van der Waals surface area (Å²) >= 11 is 3.44. The van der Waals surface area contributed by atoms with E-state index in [4.69, 9.17) is 0 Å². The van der Waals surface area contributed by atoms with E-state index in [1.807, 2.05) is 49.4 Å². The summed E-state index contributed by atoms with van der Waals surface area (Å²) in [5, 5.41) is 3.02. The van der Waals surface area contributed by atoms with Crippen LogP contribution in [0.4, 0.5) is 0 Å². The molecule has 25 heavy (non-hydrogen) atoms. The molecule has 0 saturated carbocycles. The van der Waals surface area contributed by atoms with E-state index in [2.05, 4.69) is 26.2 Å². The number of carbonyl (C=O) groups is 2. The number of amides is 2. The third-order valence-corrected chi connectivity index (χ3v) is 4.86. The second-order valence-corrected chi connectivity index (χ2v) is 7.20. The maximum absolute atomic E-state index is 12.5. The van der Waals surface area contributed by atoms with Crippen LogP contribution in [0.25, 0.3) is 0 Å². The van der Waals surface area contributed by atoms with E-state index in [0.717, 1.165) is 15.7 Å². The summed E-state index contributed by atoms with van der Waals surface area (Å²) in [5.74, 6) is -0.393. The van der Waals surface area contributed by atoms with Crippen LogP contribution < -0.4 is 5.32 Å². The van der Waals surface area contributed by atoms with E-state index in [-0.39, 0.29) is 30.2 Å². The van der Waals surface area contributed by atoms with E-state index >= 15 is 0 Å². The van der Waals surface area contributed by atoms with Crippen molar-refractivity contribution in [1.29, 1.82) is 0 Å². The minimum atomic E-state index is -0.314. The zero-order chi connectivity index (χ0) is 17.8. The summed E-state index contributed by atoms with van der Waals surface area (Å²) < 4.78 is 0.976. The van der Waals surface area contributed by atoms with Gasteiger partial charge in [-0.2, -0.15) is 0 Å². The first-order chi connectivity index (χ1) is 12.0. The van der Waals surface area contributed by atoms with Crippen molar-refractivity contribution in [2.24, 2.45) is 5.92 Å². The molecule has 2 aromatic rings. The SMILES string of the molecule is C[C@H](NC(=O)[C@@H]1CC(=O)N(Cc2ccccn2)C1)c1cccc(Br)c1. The zero-order valence-electron chi connectivity index (χ0n) is 14.0. The summed E-state index contributed by atoms with van der Waals surface area (Å²) in [4.78, 5) is 30.7. The van der Waals surface area contributed by atoms with Crippen LogP contribution in [0.5, 0.6) is 0 Å². The third-order valence-electron chi connectivity index (χ3n) is 4.37. The molecular weight excluding hydrogens is 382 g/mol. The van der Waals surface area contributed by atoms with E-state index in [1.165, 1.54) is 0 Å². The first-order valence-corrected chi connectivity index (χ1v) is 9.06. The predicted molar refractivity (Wildman–Crippen MR) is 98.5 cm³/mol. The first kappa shape index (κ1) is 17.6. The lowest BCUT2D eigenvalue weighted by molar-refractivity contribution is -0.129. The van der Waals surface area contributed by atoms with Crippen LogP contribution in [0.2, 0.25) is 0 Å². The van der Waals surface area contributed by atoms with Crippen molar-refractivity contribution in [1.82, 2.24) is 15.2 Å². The number of carbonyl (C=O) groups excluding carboxylic acids is 2. The molecule has 2 atom stereocenters. The molecule has 2 heterocycles. The van der Waals surface area contributed by atoms with Crippen molar-refractivity contribution in [3.8, 4) is 0 Å². The van der Waals surface area contributed by atoms with Crippen LogP contribution >= 0.6 is 15.9 Å². The molecule has 0 unspecified atom stereocenters.